The number of rotatable bonds is 2. The second-order valence-corrected chi connectivity index (χ2v) is 5.42. The minimum absolute atomic E-state index is 0.106. The van der Waals surface area contributed by atoms with Crippen molar-refractivity contribution in [2.45, 2.75) is 0 Å². The number of hydrogen-bond acceptors (Lipinski definition) is 2. The van der Waals surface area contributed by atoms with Crippen LogP contribution in [0, 0.1) is 5.82 Å². The lowest BCUT2D eigenvalue weighted by atomic mass is 10.0. The number of pyridine rings is 1. The van der Waals surface area contributed by atoms with E-state index in [1.807, 2.05) is 0 Å². The van der Waals surface area contributed by atoms with E-state index >= 15 is 0 Å². The molecule has 3 rings (SSSR count). The van der Waals surface area contributed by atoms with E-state index in [1.165, 1.54) is 12.1 Å². The molecule has 1 heterocycles. The van der Waals surface area contributed by atoms with Crippen molar-refractivity contribution < 1.29 is 14.3 Å². The van der Waals surface area contributed by atoms with E-state index in [1.54, 1.807) is 36.4 Å². The van der Waals surface area contributed by atoms with E-state index in [9.17, 15) is 14.3 Å². The van der Waals surface area contributed by atoms with Crippen molar-refractivity contribution in [2.24, 2.45) is 0 Å². The third kappa shape index (κ3) is 2.52. The first-order chi connectivity index (χ1) is 10.1. The summed E-state index contributed by atoms with van der Waals surface area (Å²) in [4.78, 5) is 15.8. The van der Waals surface area contributed by atoms with Gasteiger partial charge in [0.1, 0.15) is 5.82 Å². The summed E-state index contributed by atoms with van der Waals surface area (Å²) in [5, 5.41) is 9.88. The van der Waals surface area contributed by atoms with Crippen LogP contribution in [0.25, 0.3) is 22.2 Å². The molecule has 0 bridgehead atoms. The first kappa shape index (κ1) is 13.7. The molecular formula is C16H9BrFNO2. The molecule has 0 aliphatic rings. The summed E-state index contributed by atoms with van der Waals surface area (Å²) in [5.41, 5.74) is 1.18. The molecule has 1 aromatic heterocycles. The summed E-state index contributed by atoms with van der Waals surface area (Å²) in [6.45, 7) is 0. The van der Waals surface area contributed by atoms with E-state index in [4.69, 9.17) is 0 Å². The Morgan fingerprint density at radius 3 is 2.67 bits per heavy atom. The van der Waals surface area contributed by atoms with E-state index in [-0.39, 0.29) is 11.1 Å². The zero-order chi connectivity index (χ0) is 15.0. The zero-order valence-corrected chi connectivity index (χ0v) is 12.3. The number of aromatic nitrogens is 1. The average Bonchev–Trinajstić information content (AvgIpc) is 2.48. The normalized spacial score (nSPS) is 10.8. The molecule has 0 fully saturated rings. The molecule has 5 heteroatoms. The Labute approximate surface area is 128 Å². The summed E-state index contributed by atoms with van der Waals surface area (Å²) in [7, 11) is 0. The van der Waals surface area contributed by atoms with Crippen LogP contribution in [0.15, 0.2) is 53.0 Å². The van der Waals surface area contributed by atoms with Crippen LogP contribution in [0.1, 0.15) is 10.4 Å². The number of para-hydroxylation sites is 1. The zero-order valence-electron chi connectivity index (χ0n) is 10.7. The highest BCUT2D eigenvalue weighted by Gasteiger charge is 2.14. The van der Waals surface area contributed by atoms with E-state index in [2.05, 4.69) is 20.9 Å². The van der Waals surface area contributed by atoms with Crippen LogP contribution < -0.4 is 0 Å². The first-order valence-electron chi connectivity index (χ1n) is 6.15. The van der Waals surface area contributed by atoms with Gasteiger partial charge in [-0.05, 0) is 30.3 Å². The molecule has 0 radical (unpaired) electrons. The van der Waals surface area contributed by atoms with Gasteiger partial charge in [0.15, 0.2) is 0 Å². The summed E-state index contributed by atoms with van der Waals surface area (Å²) in [6, 6.07) is 12.8. The Morgan fingerprint density at radius 2 is 1.90 bits per heavy atom. The second-order valence-electron chi connectivity index (χ2n) is 4.50. The van der Waals surface area contributed by atoms with Gasteiger partial charge in [0.25, 0.3) is 0 Å². The number of benzene rings is 2. The van der Waals surface area contributed by atoms with Gasteiger partial charge in [-0.15, -0.1) is 0 Å². The van der Waals surface area contributed by atoms with E-state index in [0.717, 1.165) is 0 Å². The molecule has 0 unspecified atom stereocenters. The molecule has 0 aliphatic carbocycles. The maximum atomic E-state index is 14.0. The molecule has 104 valence electrons. The number of carboxylic acids is 1. The fourth-order valence-electron chi connectivity index (χ4n) is 2.18. The molecule has 21 heavy (non-hydrogen) atoms. The van der Waals surface area contributed by atoms with Gasteiger partial charge in [0, 0.05) is 15.4 Å². The maximum absolute atomic E-state index is 14.0. The maximum Gasteiger partial charge on any atom is 0.336 e. The topological polar surface area (TPSA) is 50.2 Å². The van der Waals surface area contributed by atoms with Gasteiger partial charge in [-0.25, -0.2) is 14.2 Å². The lowest BCUT2D eigenvalue weighted by molar-refractivity contribution is 0.0699. The molecule has 0 atom stereocenters. The highest BCUT2D eigenvalue weighted by molar-refractivity contribution is 9.10. The Balaban J connectivity index is 2.33. The van der Waals surface area contributed by atoms with Crippen molar-refractivity contribution in [3.8, 4) is 11.3 Å². The van der Waals surface area contributed by atoms with Crippen LogP contribution in [-0.4, -0.2) is 16.1 Å². The molecule has 1 N–H and O–H groups in total. The van der Waals surface area contributed by atoms with Crippen LogP contribution in [0.2, 0.25) is 0 Å². The molecule has 3 aromatic rings. The van der Waals surface area contributed by atoms with Crippen molar-refractivity contribution in [1.82, 2.24) is 4.98 Å². The smallest absolute Gasteiger partial charge is 0.336 e. The van der Waals surface area contributed by atoms with Crippen molar-refractivity contribution in [3.63, 3.8) is 0 Å². The number of hydrogen-bond donors (Lipinski definition) is 1. The third-order valence-electron chi connectivity index (χ3n) is 3.15. The predicted octanol–water partition coefficient (Wildman–Crippen LogP) is 4.50. The highest BCUT2D eigenvalue weighted by atomic mass is 79.9. The highest BCUT2D eigenvalue weighted by Crippen LogP contribution is 2.28. The number of carbonyl (C=O) groups is 1. The van der Waals surface area contributed by atoms with E-state index in [0.29, 0.717) is 21.1 Å². The quantitative estimate of drug-likeness (QED) is 0.743. The number of halogens is 2. The van der Waals surface area contributed by atoms with Crippen molar-refractivity contribution in [3.05, 3.63) is 64.4 Å². The van der Waals surface area contributed by atoms with Gasteiger partial charge in [-0.2, -0.15) is 0 Å². The number of fused-ring (bicyclic) bond motifs is 1. The van der Waals surface area contributed by atoms with Crippen LogP contribution in [0.3, 0.4) is 0 Å². The Kier molecular flexibility index (Phi) is 3.43. The Hall–Kier alpha value is -2.27. The van der Waals surface area contributed by atoms with Crippen LogP contribution in [-0.2, 0) is 0 Å². The summed E-state index contributed by atoms with van der Waals surface area (Å²) in [6.07, 6.45) is 0. The molecule has 2 aromatic carbocycles. The molecule has 0 aliphatic heterocycles. The van der Waals surface area contributed by atoms with Crippen molar-refractivity contribution in [2.75, 3.05) is 0 Å². The SMILES string of the molecule is O=C(O)c1cc(-c2cc(Br)ccc2F)nc2ccccc12. The van der Waals surface area contributed by atoms with E-state index < -0.39 is 11.8 Å². The first-order valence-corrected chi connectivity index (χ1v) is 6.94. The van der Waals surface area contributed by atoms with Crippen LogP contribution in [0.5, 0.6) is 0 Å². The van der Waals surface area contributed by atoms with Gasteiger partial charge >= 0.3 is 5.97 Å². The van der Waals surface area contributed by atoms with Gasteiger partial charge in [-0.1, -0.05) is 34.1 Å². The van der Waals surface area contributed by atoms with Crippen LogP contribution >= 0.6 is 15.9 Å². The molecular weight excluding hydrogens is 337 g/mol. The van der Waals surface area contributed by atoms with Gasteiger partial charge in [0.05, 0.1) is 16.8 Å². The van der Waals surface area contributed by atoms with Crippen molar-refractivity contribution >= 4 is 32.8 Å². The van der Waals surface area contributed by atoms with Gasteiger partial charge < -0.3 is 5.11 Å². The predicted molar refractivity (Wildman–Crippen MR) is 81.8 cm³/mol. The molecule has 0 saturated carbocycles. The molecule has 0 amide bonds. The Morgan fingerprint density at radius 1 is 1.14 bits per heavy atom. The van der Waals surface area contributed by atoms with Gasteiger partial charge in [0.2, 0.25) is 0 Å². The fourth-order valence-corrected chi connectivity index (χ4v) is 2.55. The average molecular weight is 346 g/mol. The van der Waals surface area contributed by atoms with Crippen molar-refractivity contribution in [1.29, 1.82) is 0 Å². The summed E-state index contributed by atoms with van der Waals surface area (Å²) < 4.78 is 14.7. The minimum atomic E-state index is -1.06. The van der Waals surface area contributed by atoms with Gasteiger partial charge in [-0.3, -0.25) is 0 Å². The molecule has 0 spiro atoms. The largest absolute Gasteiger partial charge is 0.478 e. The lowest BCUT2D eigenvalue weighted by Crippen LogP contribution is -2.00. The number of aromatic carboxylic acids is 1. The second kappa shape index (κ2) is 5.26. The molecule has 3 nitrogen and oxygen atoms in total. The minimum Gasteiger partial charge on any atom is -0.478 e. The van der Waals surface area contributed by atoms with Crippen LogP contribution in [0.4, 0.5) is 4.39 Å². The summed E-state index contributed by atoms with van der Waals surface area (Å²) in [5.74, 6) is -1.51. The number of nitrogens with zero attached hydrogens (tertiary/aromatic N) is 1. The lowest BCUT2D eigenvalue weighted by Gasteiger charge is -2.08. The Bertz CT molecular complexity index is 864. The monoisotopic (exact) mass is 345 g/mol. The summed E-state index contributed by atoms with van der Waals surface area (Å²) >= 11 is 3.28. The number of carboxylic acid groups (broad SMARTS) is 1. The standard InChI is InChI=1S/C16H9BrFNO2/c17-9-5-6-13(18)12(7-9)15-8-11(16(20)21)10-3-1-2-4-14(10)19-15/h1-8H,(H,20,21). The molecule has 0 saturated heterocycles. The fraction of sp³-hybridized carbons (Fsp3) is 0. The third-order valence-corrected chi connectivity index (χ3v) is 3.64.